The summed E-state index contributed by atoms with van der Waals surface area (Å²) < 4.78 is 29.5. The Bertz CT molecular complexity index is 688. The number of alkyl halides is 2. The highest BCUT2D eigenvalue weighted by Crippen LogP contribution is 2.26. The van der Waals surface area contributed by atoms with E-state index in [4.69, 9.17) is 0 Å². The van der Waals surface area contributed by atoms with Gasteiger partial charge in [0.25, 0.3) is 5.91 Å². The number of amides is 2. The molecule has 1 aliphatic carbocycles. The third-order valence-corrected chi connectivity index (χ3v) is 5.71. The molecule has 3 rings (SSSR count). The monoisotopic (exact) mass is 409 g/mol. The molecule has 0 radical (unpaired) electrons. The van der Waals surface area contributed by atoms with Crippen LogP contribution in [-0.2, 0) is 4.79 Å². The molecule has 160 valence electrons. The van der Waals surface area contributed by atoms with Gasteiger partial charge >= 0.3 is 6.61 Å². The van der Waals surface area contributed by atoms with Crippen molar-refractivity contribution >= 4 is 11.8 Å². The van der Waals surface area contributed by atoms with E-state index >= 15 is 0 Å². The molecule has 2 aliphatic rings. The van der Waals surface area contributed by atoms with Gasteiger partial charge in [0.2, 0.25) is 5.91 Å². The topological polar surface area (TPSA) is 70.7 Å². The molecule has 8 heteroatoms. The van der Waals surface area contributed by atoms with E-state index in [1.165, 1.54) is 25.0 Å². The van der Waals surface area contributed by atoms with Gasteiger partial charge in [0.05, 0.1) is 5.56 Å². The van der Waals surface area contributed by atoms with Crippen LogP contribution in [0.3, 0.4) is 0 Å². The first-order valence-electron chi connectivity index (χ1n) is 10.4. The lowest BCUT2D eigenvalue weighted by molar-refractivity contribution is -0.126. The number of halogens is 2. The number of likely N-dealkylation sites (tertiary alicyclic amines) is 1. The van der Waals surface area contributed by atoms with Crippen molar-refractivity contribution in [2.45, 2.75) is 51.2 Å². The zero-order valence-electron chi connectivity index (χ0n) is 16.5. The fraction of sp³-hybridized carbons (Fsp3) is 0.619. The van der Waals surface area contributed by atoms with E-state index in [2.05, 4.69) is 20.3 Å². The lowest BCUT2D eigenvalue weighted by atomic mass is 9.85. The third-order valence-electron chi connectivity index (χ3n) is 5.71. The number of ether oxygens (including phenoxy) is 1. The summed E-state index contributed by atoms with van der Waals surface area (Å²) in [4.78, 5) is 27.2. The van der Waals surface area contributed by atoms with Crippen LogP contribution >= 0.6 is 0 Å². The van der Waals surface area contributed by atoms with Crippen molar-refractivity contribution in [1.29, 1.82) is 0 Å². The second kappa shape index (κ2) is 10.5. The Morgan fingerprint density at radius 1 is 1.10 bits per heavy atom. The molecule has 1 saturated carbocycles. The standard InChI is InChI=1S/C21H29F2N3O3/c22-21(23)29-18-6-2-1-5-17(18)20(28)25-16-9-7-15(8-10-16)19(27)24-11-14-26-12-3-4-13-26/h1-2,5-6,15-16,21H,3-4,7-14H2,(H,24,27)(H,25,28). The van der Waals surface area contributed by atoms with Crippen LogP contribution in [0.15, 0.2) is 24.3 Å². The molecular formula is C21H29F2N3O3. The minimum Gasteiger partial charge on any atom is -0.434 e. The quantitative estimate of drug-likeness (QED) is 0.693. The number of para-hydroxylation sites is 1. The number of hydrogen-bond donors (Lipinski definition) is 2. The summed E-state index contributed by atoms with van der Waals surface area (Å²) in [5.41, 5.74) is 0.0922. The number of nitrogens with zero attached hydrogens (tertiary/aromatic N) is 1. The van der Waals surface area contributed by atoms with Gasteiger partial charge in [-0.15, -0.1) is 0 Å². The first-order chi connectivity index (χ1) is 14.0. The van der Waals surface area contributed by atoms with Crippen molar-refractivity contribution in [1.82, 2.24) is 15.5 Å². The van der Waals surface area contributed by atoms with Gasteiger partial charge < -0.3 is 20.3 Å². The number of rotatable bonds is 8. The normalized spacial score (nSPS) is 22.4. The summed E-state index contributed by atoms with van der Waals surface area (Å²) in [7, 11) is 0. The average molecular weight is 409 g/mol. The molecule has 0 bridgehead atoms. The summed E-state index contributed by atoms with van der Waals surface area (Å²) in [5, 5.41) is 5.92. The Hall–Kier alpha value is -2.22. The van der Waals surface area contributed by atoms with Crippen LogP contribution in [0.25, 0.3) is 0 Å². The number of nitrogens with one attached hydrogen (secondary N) is 2. The third kappa shape index (κ3) is 6.39. The first kappa shape index (κ1) is 21.5. The predicted octanol–water partition coefficient (Wildman–Crippen LogP) is 2.79. The number of hydrogen-bond acceptors (Lipinski definition) is 4. The Kier molecular flexibility index (Phi) is 7.80. The van der Waals surface area contributed by atoms with Crippen LogP contribution in [0.2, 0.25) is 0 Å². The van der Waals surface area contributed by atoms with Crippen LogP contribution in [0, 0.1) is 5.92 Å². The molecule has 2 amide bonds. The Balaban J connectivity index is 1.41. The van der Waals surface area contributed by atoms with Crippen LogP contribution < -0.4 is 15.4 Å². The zero-order chi connectivity index (χ0) is 20.6. The molecule has 29 heavy (non-hydrogen) atoms. The summed E-state index contributed by atoms with van der Waals surface area (Å²) in [5.74, 6) is -0.508. The summed E-state index contributed by atoms with van der Waals surface area (Å²) >= 11 is 0. The van der Waals surface area contributed by atoms with Gasteiger partial charge in [-0.3, -0.25) is 9.59 Å². The van der Waals surface area contributed by atoms with E-state index in [9.17, 15) is 18.4 Å². The molecule has 2 N–H and O–H groups in total. The zero-order valence-corrected chi connectivity index (χ0v) is 16.5. The fourth-order valence-electron chi connectivity index (χ4n) is 4.10. The van der Waals surface area contributed by atoms with E-state index in [0.717, 1.165) is 19.6 Å². The van der Waals surface area contributed by atoms with Crippen molar-refractivity contribution in [3.05, 3.63) is 29.8 Å². The summed E-state index contributed by atoms with van der Waals surface area (Å²) in [6.07, 6.45) is 5.26. The van der Waals surface area contributed by atoms with Crippen LogP contribution in [0.4, 0.5) is 8.78 Å². The molecule has 2 fully saturated rings. The van der Waals surface area contributed by atoms with Gasteiger partial charge in [0.1, 0.15) is 5.75 Å². The minimum absolute atomic E-state index is 0.0313. The Labute approximate surface area is 170 Å². The van der Waals surface area contributed by atoms with Crippen molar-refractivity contribution in [3.8, 4) is 5.75 Å². The first-order valence-corrected chi connectivity index (χ1v) is 10.4. The van der Waals surface area contributed by atoms with Gasteiger partial charge in [0, 0.05) is 25.0 Å². The molecule has 0 aromatic heterocycles. The van der Waals surface area contributed by atoms with Crippen LogP contribution in [-0.4, -0.2) is 55.5 Å². The van der Waals surface area contributed by atoms with Crippen molar-refractivity contribution in [3.63, 3.8) is 0 Å². The van der Waals surface area contributed by atoms with E-state index in [1.54, 1.807) is 12.1 Å². The Morgan fingerprint density at radius 3 is 2.48 bits per heavy atom. The Morgan fingerprint density at radius 2 is 1.79 bits per heavy atom. The number of benzene rings is 1. The number of carbonyl (C=O) groups is 2. The van der Waals surface area contributed by atoms with Crippen molar-refractivity contribution in [2.24, 2.45) is 5.92 Å². The molecule has 0 unspecified atom stereocenters. The maximum Gasteiger partial charge on any atom is 0.387 e. The van der Waals surface area contributed by atoms with E-state index in [0.29, 0.717) is 32.2 Å². The SMILES string of the molecule is O=C(NC1CCC(C(=O)NCCN2CCCC2)CC1)c1ccccc1OC(F)F. The van der Waals surface area contributed by atoms with Gasteiger partial charge in [-0.1, -0.05) is 12.1 Å². The molecule has 1 aromatic rings. The smallest absolute Gasteiger partial charge is 0.387 e. The van der Waals surface area contributed by atoms with Gasteiger partial charge in [-0.05, 0) is 63.7 Å². The van der Waals surface area contributed by atoms with Gasteiger partial charge in [-0.25, -0.2) is 0 Å². The average Bonchev–Trinajstić information content (AvgIpc) is 3.22. The molecule has 1 saturated heterocycles. The molecule has 6 nitrogen and oxygen atoms in total. The highest BCUT2D eigenvalue weighted by Gasteiger charge is 2.28. The maximum atomic E-state index is 12.5. The fourth-order valence-corrected chi connectivity index (χ4v) is 4.10. The van der Waals surface area contributed by atoms with Crippen molar-refractivity contribution < 1.29 is 23.1 Å². The minimum atomic E-state index is -2.98. The lowest BCUT2D eigenvalue weighted by Crippen LogP contribution is -2.42. The second-order valence-corrected chi connectivity index (χ2v) is 7.74. The molecule has 0 atom stereocenters. The summed E-state index contributed by atoms with van der Waals surface area (Å²) in [6, 6.07) is 5.89. The van der Waals surface area contributed by atoms with Crippen molar-refractivity contribution in [2.75, 3.05) is 26.2 Å². The van der Waals surface area contributed by atoms with E-state index in [-0.39, 0.29) is 29.2 Å². The predicted molar refractivity (Wildman–Crippen MR) is 105 cm³/mol. The van der Waals surface area contributed by atoms with Crippen LogP contribution in [0.5, 0.6) is 5.75 Å². The molecule has 1 aromatic carbocycles. The largest absolute Gasteiger partial charge is 0.434 e. The summed E-state index contributed by atoms with van der Waals surface area (Å²) in [6.45, 7) is 0.828. The van der Waals surface area contributed by atoms with Gasteiger partial charge in [-0.2, -0.15) is 8.78 Å². The van der Waals surface area contributed by atoms with Crippen LogP contribution in [0.1, 0.15) is 48.9 Å². The van der Waals surface area contributed by atoms with Gasteiger partial charge in [0.15, 0.2) is 0 Å². The molecule has 0 spiro atoms. The maximum absolute atomic E-state index is 12.5. The molecule has 1 heterocycles. The lowest BCUT2D eigenvalue weighted by Gasteiger charge is -2.28. The van der Waals surface area contributed by atoms with E-state index in [1.807, 2.05) is 0 Å². The van der Waals surface area contributed by atoms with E-state index < -0.39 is 12.5 Å². The highest BCUT2D eigenvalue weighted by atomic mass is 19.3. The molecule has 1 aliphatic heterocycles. The number of carbonyl (C=O) groups excluding carboxylic acids is 2. The highest BCUT2D eigenvalue weighted by molar-refractivity contribution is 5.97. The molecular weight excluding hydrogens is 380 g/mol. The second-order valence-electron chi connectivity index (χ2n) is 7.74.